The normalized spacial score (nSPS) is 10.7. The second-order valence-electron chi connectivity index (χ2n) is 2.91. The van der Waals surface area contributed by atoms with Gasteiger partial charge in [-0.05, 0) is 17.8 Å². The Kier molecular flexibility index (Phi) is 3.22. The van der Waals surface area contributed by atoms with E-state index in [1.165, 1.54) is 18.1 Å². The number of aryl methyl sites for hydroxylation is 1. The molecule has 8 heteroatoms. The minimum atomic E-state index is 0.246. The van der Waals surface area contributed by atoms with Crippen LogP contribution in [0.15, 0.2) is 22.6 Å². The molecule has 2 N–H and O–H groups in total. The number of pyridine rings is 1. The van der Waals surface area contributed by atoms with Gasteiger partial charge in [-0.3, -0.25) is 0 Å². The first kappa shape index (κ1) is 11.5. The monoisotopic (exact) mass is 275 g/mol. The highest BCUT2D eigenvalue weighted by atomic mass is 35.5. The van der Waals surface area contributed by atoms with E-state index in [-0.39, 0.29) is 5.82 Å². The van der Waals surface area contributed by atoms with Crippen LogP contribution in [0.5, 0.6) is 0 Å². The number of halogens is 2. The van der Waals surface area contributed by atoms with Gasteiger partial charge >= 0.3 is 0 Å². The first-order valence-electron chi connectivity index (χ1n) is 4.21. The lowest BCUT2D eigenvalue weighted by atomic mass is 10.5. The maximum absolute atomic E-state index is 5.99. The van der Waals surface area contributed by atoms with Gasteiger partial charge in [-0.2, -0.15) is 5.10 Å². The van der Waals surface area contributed by atoms with Crippen molar-refractivity contribution in [1.82, 2.24) is 19.7 Å². The molecule has 0 unspecified atom stereocenters. The van der Waals surface area contributed by atoms with Gasteiger partial charge in [-0.25, -0.2) is 14.6 Å². The van der Waals surface area contributed by atoms with E-state index in [4.69, 9.17) is 28.9 Å². The molecule has 0 saturated heterocycles. The number of hydrogen-bond acceptors (Lipinski definition) is 5. The number of nitrogens with two attached hydrogens (primary N) is 1. The molecule has 2 heterocycles. The quantitative estimate of drug-likeness (QED) is 0.911. The van der Waals surface area contributed by atoms with Crippen molar-refractivity contribution < 1.29 is 0 Å². The van der Waals surface area contributed by atoms with E-state index in [1.807, 2.05) is 0 Å². The zero-order valence-electron chi connectivity index (χ0n) is 8.19. The summed E-state index contributed by atoms with van der Waals surface area (Å²) in [6, 6.07) is 1.56. The largest absolute Gasteiger partial charge is 0.382 e. The fourth-order valence-electron chi connectivity index (χ4n) is 0.999. The molecule has 16 heavy (non-hydrogen) atoms. The molecule has 2 aromatic heterocycles. The van der Waals surface area contributed by atoms with Crippen LogP contribution in [0, 0.1) is 0 Å². The summed E-state index contributed by atoms with van der Waals surface area (Å²) in [5, 5.41) is 5.95. The maximum atomic E-state index is 5.99. The van der Waals surface area contributed by atoms with Crippen LogP contribution in [0.25, 0.3) is 0 Å². The Morgan fingerprint density at radius 3 is 2.75 bits per heavy atom. The third kappa shape index (κ3) is 2.23. The second kappa shape index (κ2) is 4.48. The first-order chi connectivity index (χ1) is 7.58. The summed E-state index contributed by atoms with van der Waals surface area (Å²) in [7, 11) is 1.78. The number of hydrogen-bond donors (Lipinski definition) is 1. The Bertz CT molecular complexity index is 527. The van der Waals surface area contributed by atoms with Crippen LogP contribution in [0.1, 0.15) is 0 Å². The first-order valence-corrected chi connectivity index (χ1v) is 5.78. The Labute approximate surface area is 106 Å². The molecule has 2 aromatic rings. The van der Waals surface area contributed by atoms with Crippen molar-refractivity contribution in [1.29, 1.82) is 0 Å². The Morgan fingerprint density at radius 2 is 2.12 bits per heavy atom. The molecular weight excluding hydrogens is 269 g/mol. The van der Waals surface area contributed by atoms with Crippen molar-refractivity contribution in [3.63, 3.8) is 0 Å². The van der Waals surface area contributed by atoms with Crippen molar-refractivity contribution in [3.05, 3.63) is 22.4 Å². The van der Waals surface area contributed by atoms with Gasteiger partial charge in [0, 0.05) is 7.05 Å². The second-order valence-corrected chi connectivity index (χ2v) is 4.68. The highest BCUT2D eigenvalue weighted by Crippen LogP contribution is 2.33. The highest BCUT2D eigenvalue weighted by molar-refractivity contribution is 7.99. The molecule has 0 fully saturated rings. The summed E-state index contributed by atoms with van der Waals surface area (Å²) < 4.78 is 1.62. The van der Waals surface area contributed by atoms with Crippen LogP contribution in [0.2, 0.25) is 10.0 Å². The number of rotatable bonds is 2. The summed E-state index contributed by atoms with van der Waals surface area (Å²) in [6.45, 7) is 0. The summed E-state index contributed by atoms with van der Waals surface area (Å²) in [5.41, 5.74) is 5.60. The maximum Gasteiger partial charge on any atom is 0.192 e. The summed E-state index contributed by atoms with van der Waals surface area (Å²) in [4.78, 5) is 8.13. The summed E-state index contributed by atoms with van der Waals surface area (Å²) in [5.74, 6) is 0.246. The van der Waals surface area contributed by atoms with E-state index in [1.54, 1.807) is 17.8 Å². The average molecular weight is 276 g/mol. The van der Waals surface area contributed by atoms with Crippen LogP contribution in [-0.2, 0) is 7.05 Å². The Balaban J connectivity index is 2.35. The van der Waals surface area contributed by atoms with Gasteiger partial charge in [0.1, 0.15) is 17.2 Å². The van der Waals surface area contributed by atoms with Gasteiger partial charge in [-0.15, -0.1) is 0 Å². The summed E-state index contributed by atoms with van der Waals surface area (Å²) in [6.07, 6.45) is 1.45. The SMILES string of the molecule is Cn1ncnc1Sc1nc(N)c(Cl)cc1Cl. The predicted octanol–water partition coefficient (Wildman–Crippen LogP) is 2.25. The molecule has 0 spiro atoms. The molecule has 0 saturated carbocycles. The topological polar surface area (TPSA) is 69.6 Å². The van der Waals surface area contributed by atoms with E-state index >= 15 is 0 Å². The molecule has 0 aliphatic carbocycles. The lowest BCUT2D eigenvalue weighted by Gasteiger charge is -2.04. The third-order valence-corrected chi connectivity index (χ3v) is 3.54. The zero-order chi connectivity index (χ0) is 11.7. The molecule has 0 aliphatic rings. The minimum Gasteiger partial charge on any atom is -0.382 e. The Hall–Kier alpha value is -0.980. The van der Waals surface area contributed by atoms with Gasteiger partial charge in [-0.1, -0.05) is 23.2 Å². The number of nitrogen functional groups attached to an aromatic ring is 1. The fourth-order valence-corrected chi connectivity index (χ4v) is 2.23. The Morgan fingerprint density at radius 1 is 1.38 bits per heavy atom. The van der Waals surface area contributed by atoms with E-state index in [2.05, 4.69) is 15.1 Å². The molecule has 5 nitrogen and oxygen atoms in total. The van der Waals surface area contributed by atoms with Gasteiger partial charge in [0.2, 0.25) is 0 Å². The average Bonchev–Trinajstić information content (AvgIpc) is 2.61. The lowest BCUT2D eigenvalue weighted by Crippen LogP contribution is -1.96. The van der Waals surface area contributed by atoms with E-state index in [9.17, 15) is 0 Å². The third-order valence-electron chi connectivity index (χ3n) is 1.78. The van der Waals surface area contributed by atoms with Gasteiger partial charge < -0.3 is 5.73 Å². The molecule has 2 rings (SSSR count). The van der Waals surface area contributed by atoms with Crippen molar-refractivity contribution in [2.24, 2.45) is 7.05 Å². The highest BCUT2D eigenvalue weighted by Gasteiger charge is 2.11. The predicted molar refractivity (Wildman–Crippen MR) is 63.8 cm³/mol. The van der Waals surface area contributed by atoms with Crippen LogP contribution in [0.3, 0.4) is 0 Å². The number of nitrogens with zero attached hydrogens (tertiary/aromatic N) is 4. The lowest BCUT2D eigenvalue weighted by molar-refractivity contribution is 0.684. The smallest absolute Gasteiger partial charge is 0.192 e. The fraction of sp³-hybridized carbons (Fsp3) is 0.125. The molecular formula is C8H7Cl2N5S. The van der Waals surface area contributed by atoms with E-state index in [0.29, 0.717) is 20.2 Å². The van der Waals surface area contributed by atoms with Crippen LogP contribution >= 0.6 is 35.0 Å². The number of anilines is 1. The molecule has 0 atom stereocenters. The van der Waals surface area contributed by atoms with Crippen molar-refractivity contribution in [2.75, 3.05) is 5.73 Å². The molecule has 0 aromatic carbocycles. The van der Waals surface area contributed by atoms with Gasteiger partial charge in [0.25, 0.3) is 0 Å². The minimum absolute atomic E-state index is 0.246. The van der Waals surface area contributed by atoms with Crippen molar-refractivity contribution in [2.45, 2.75) is 10.2 Å². The van der Waals surface area contributed by atoms with Crippen molar-refractivity contribution in [3.8, 4) is 0 Å². The number of aromatic nitrogens is 4. The molecule has 0 amide bonds. The molecule has 0 aliphatic heterocycles. The molecule has 0 radical (unpaired) electrons. The van der Waals surface area contributed by atoms with Crippen LogP contribution in [-0.4, -0.2) is 19.7 Å². The zero-order valence-corrected chi connectivity index (χ0v) is 10.5. The van der Waals surface area contributed by atoms with Gasteiger partial charge in [0.05, 0.1) is 10.0 Å². The molecule has 84 valence electrons. The van der Waals surface area contributed by atoms with Crippen LogP contribution < -0.4 is 5.73 Å². The summed E-state index contributed by atoms with van der Waals surface area (Å²) >= 11 is 13.1. The van der Waals surface area contributed by atoms with Crippen molar-refractivity contribution >= 4 is 40.8 Å². The standard InChI is InChI=1S/C8H7Cl2N5S/c1-15-8(12-3-13-15)16-7-5(10)2-4(9)6(11)14-7/h2-3H,1H3,(H2,11,14). The van der Waals surface area contributed by atoms with Crippen LogP contribution in [0.4, 0.5) is 5.82 Å². The molecule has 0 bridgehead atoms. The van der Waals surface area contributed by atoms with E-state index in [0.717, 1.165) is 0 Å². The van der Waals surface area contributed by atoms with E-state index < -0.39 is 0 Å². The van der Waals surface area contributed by atoms with Gasteiger partial charge in [0.15, 0.2) is 5.16 Å².